The van der Waals surface area contributed by atoms with E-state index in [9.17, 15) is 9.18 Å². The van der Waals surface area contributed by atoms with Crippen LogP contribution >= 0.6 is 0 Å². The maximum absolute atomic E-state index is 14.8. The second-order valence-electron chi connectivity index (χ2n) is 8.00. The Morgan fingerprint density at radius 1 is 1.39 bits per heavy atom. The van der Waals surface area contributed by atoms with Gasteiger partial charge in [0.15, 0.2) is 0 Å². The minimum absolute atomic E-state index is 0.158. The van der Waals surface area contributed by atoms with Crippen molar-refractivity contribution in [3.8, 4) is 11.1 Å². The molecule has 33 heavy (non-hydrogen) atoms. The van der Waals surface area contributed by atoms with Crippen molar-refractivity contribution in [1.29, 1.82) is 0 Å². The average molecular weight is 457 g/mol. The highest BCUT2D eigenvalue weighted by Gasteiger charge is 2.23. The number of hydrogen-bond acceptors (Lipinski definition) is 5. The van der Waals surface area contributed by atoms with Crippen LogP contribution in [0.3, 0.4) is 0 Å². The first-order chi connectivity index (χ1) is 16.0. The van der Waals surface area contributed by atoms with E-state index in [2.05, 4.69) is 15.4 Å². The number of carbonyl (C=O) groups is 1. The SMILES string of the molecule is CC.Cc1c(-c2ccc(N=C(N)C3=C(NCC4COC4)CCN(C=O)C3)c(F)c2)cnn1C. The highest BCUT2D eigenvalue weighted by Crippen LogP contribution is 2.28. The fourth-order valence-electron chi connectivity index (χ4n) is 3.72. The number of nitrogens with two attached hydrogens (primary N) is 1. The Bertz CT molecular complexity index is 1040. The van der Waals surface area contributed by atoms with E-state index >= 15 is 0 Å². The Labute approximate surface area is 194 Å². The second kappa shape index (κ2) is 11.1. The number of aliphatic imine (C=N–C) groups is 1. The summed E-state index contributed by atoms with van der Waals surface area (Å²) in [7, 11) is 1.85. The van der Waals surface area contributed by atoms with Gasteiger partial charge in [-0.15, -0.1) is 0 Å². The van der Waals surface area contributed by atoms with Crippen LogP contribution in [0, 0.1) is 18.7 Å². The number of rotatable bonds is 7. The molecule has 0 bridgehead atoms. The summed E-state index contributed by atoms with van der Waals surface area (Å²) in [6.07, 6.45) is 3.17. The predicted octanol–water partition coefficient (Wildman–Crippen LogP) is 2.90. The van der Waals surface area contributed by atoms with Crippen molar-refractivity contribution in [3.63, 3.8) is 0 Å². The van der Waals surface area contributed by atoms with Crippen molar-refractivity contribution in [1.82, 2.24) is 20.0 Å². The number of hydrogen-bond donors (Lipinski definition) is 2. The van der Waals surface area contributed by atoms with Crippen molar-refractivity contribution in [2.75, 3.05) is 32.8 Å². The smallest absolute Gasteiger partial charge is 0.210 e. The highest BCUT2D eigenvalue weighted by molar-refractivity contribution is 6.00. The van der Waals surface area contributed by atoms with E-state index in [1.54, 1.807) is 21.8 Å². The van der Waals surface area contributed by atoms with Crippen LogP contribution in [0.2, 0.25) is 0 Å². The highest BCUT2D eigenvalue weighted by atomic mass is 19.1. The van der Waals surface area contributed by atoms with Gasteiger partial charge in [0.2, 0.25) is 6.41 Å². The summed E-state index contributed by atoms with van der Waals surface area (Å²) in [6, 6.07) is 4.87. The molecule has 4 rings (SSSR count). The largest absolute Gasteiger partial charge is 0.387 e. The van der Waals surface area contributed by atoms with Crippen LogP contribution < -0.4 is 11.1 Å². The Kier molecular flexibility index (Phi) is 8.21. The summed E-state index contributed by atoms with van der Waals surface area (Å²) in [5, 5.41) is 7.64. The molecule has 0 unspecified atom stereocenters. The molecular weight excluding hydrogens is 423 g/mol. The van der Waals surface area contributed by atoms with Gasteiger partial charge in [-0.2, -0.15) is 5.10 Å². The van der Waals surface area contributed by atoms with Crippen molar-refractivity contribution in [3.05, 3.63) is 47.2 Å². The van der Waals surface area contributed by atoms with E-state index in [-0.39, 0.29) is 11.5 Å². The maximum Gasteiger partial charge on any atom is 0.210 e. The molecule has 1 fully saturated rings. The monoisotopic (exact) mass is 456 g/mol. The van der Waals surface area contributed by atoms with Gasteiger partial charge >= 0.3 is 0 Å². The van der Waals surface area contributed by atoms with Gasteiger partial charge in [-0.1, -0.05) is 19.9 Å². The molecule has 0 saturated carbocycles. The first-order valence-electron chi connectivity index (χ1n) is 11.3. The average Bonchev–Trinajstić information content (AvgIpc) is 3.13. The molecule has 1 aromatic heterocycles. The summed E-state index contributed by atoms with van der Waals surface area (Å²) < 4.78 is 21.8. The van der Waals surface area contributed by atoms with Gasteiger partial charge in [0, 0.05) is 55.0 Å². The van der Waals surface area contributed by atoms with Crippen LogP contribution in [0.4, 0.5) is 10.1 Å². The lowest BCUT2D eigenvalue weighted by Gasteiger charge is -2.31. The normalized spacial score (nSPS) is 16.8. The summed E-state index contributed by atoms with van der Waals surface area (Å²) in [4.78, 5) is 17.3. The van der Waals surface area contributed by atoms with E-state index in [0.717, 1.165) is 54.3 Å². The molecule has 2 aromatic rings. The van der Waals surface area contributed by atoms with E-state index in [0.29, 0.717) is 25.4 Å². The third kappa shape index (κ3) is 5.60. The van der Waals surface area contributed by atoms with Crippen LogP contribution in [0.25, 0.3) is 11.1 Å². The van der Waals surface area contributed by atoms with Crippen molar-refractivity contribution in [2.45, 2.75) is 27.2 Å². The lowest BCUT2D eigenvalue weighted by molar-refractivity contribution is -0.117. The van der Waals surface area contributed by atoms with E-state index in [4.69, 9.17) is 10.5 Å². The summed E-state index contributed by atoms with van der Waals surface area (Å²) in [6.45, 7) is 9.15. The lowest BCUT2D eigenvalue weighted by Crippen LogP contribution is -2.42. The molecule has 2 aliphatic rings. The van der Waals surface area contributed by atoms with Gasteiger partial charge in [-0.3, -0.25) is 9.48 Å². The van der Waals surface area contributed by atoms with Crippen LogP contribution in [-0.2, 0) is 16.6 Å². The summed E-state index contributed by atoms with van der Waals surface area (Å²) in [5.74, 6) is 0.216. The number of amides is 1. The minimum Gasteiger partial charge on any atom is -0.387 e. The summed E-state index contributed by atoms with van der Waals surface area (Å²) >= 11 is 0. The number of aromatic nitrogens is 2. The molecule has 3 N–H and O–H groups in total. The zero-order chi connectivity index (χ0) is 24.0. The molecule has 1 saturated heterocycles. The van der Waals surface area contributed by atoms with Crippen LogP contribution in [0.5, 0.6) is 0 Å². The molecule has 0 atom stereocenters. The molecule has 1 amide bonds. The fraction of sp³-hybridized carbons (Fsp3) is 0.458. The van der Waals surface area contributed by atoms with E-state index < -0.39 is 5.82 Å². The Morgan fingerprint density at radius 3 is 2.73 bits per heavy atom. The molecule has 2 aliphatic heterocycles. The first-order valence-corrected chi connectivity index (χ1v) is 11.3. The van der Waals surface area contributed by atoms with Crippen LogP contribution in [-0.4, -0.2) is 59.8 Å². The van der Waals surface area contributed by atoms with Gasteiger partial charge < -0.3 is 20.7 Å². The standard InChI is InChI=1S/C22H27FN6O2.C2H6/c1-14-17(9-26-28(14)2)16-3-4-21(19(23)7-16)27-22(24)18-10-29(13-30)6-5-20(18)25-8-15-11-31-12-15;1-2/h3-4,7,9,13,15,25H,5-6,8,10-12H2,1-2H3,(H2,24,27);1-2H3. The van der Waals surface area contributed by atoms with E-state index in [1.165, 1.54) is 6.07 Å². The fourth-order valence-corrected chi connectivity index (χ4v) is 3.72. The molecular formula is C24H33FN6O2. The van der Waals surface area contributed by atoms with Gasteiger partial charge in [0.25, 0.3) is 0 Å². The van der Waals surface area contributed by atoms with Crippen molar-refractivity contribution < 1.29 is 13.9 Å². The first kappa shape index (κ1) is 24.4. The van der Waals surface area contributed by atoms with Gasteiger partial charge in [-0.25, -0.2) is 9.38 Å². The number of ether oxygens (including phenoxy) is 1. The molecule has 1 aromatic carbocycles. The zero-order valence-electron chi connectivity index (χ0n) is 19.8. The minimum atomic E-state index is -0.464. The van der Waals surface area contributed by atoms with Gasteiger partial charge in [0.05, 0.1) is 26.0 Å². The molecule has 0 spiro atoms. The van der Waals surface area contributed by atoms with Crippen LogP contribution in [0.1, 0.15) is 26.0 Å². The summed E-state index contributed by atoms with van der Waals surface area (Å²) in [5.41, 5.74) is 10.7. The Morgan fingerprint density at radius 2 is 2.15 bits per heavy atom. The number of amidine groups is 1. The topological polar surface area (TPSA) is 97.8 Å². The number of nitrogens with zero attached hydrogens (tertiary/aromatic N) is 4. The van der Waals surface area contributed by atoms with Gasteiger partial charge in [0.1, 0.15) is 17.3 Å². The van der Waals surface area contributed by atoms with Crippen LogP contribution in [0.15, 0.2) is 40.7 Å². The van der Waals surface area contributed by atoms with Crippen molar-refractivity contribution >= 4 is 17.9 Å². The van der Waals surface area contributed by atoms with Gasteiger partial charge in [-0.05, 0) is 24.6 Å². The van der Waals surface area contributed by atoms with Crippen molar-refractivity contribution in [2.24, 2.45) is 23.7 Å². The molecule has 0 aliphatic carbocycles. The third-order valence-electron chi connectivity index (χ3n) is 5.88. The number of carbonyl (C=O) groups excluding carboxylic acids is 1. The molecule has 3 heterocycles. The quantitative estimate of drug-likeness (QED) is 0.379. The van der Waals surface area contributed by atoms with E-state index in [1.807, 2.05) is 33.9 Å². The Balaban J connectivity index is 0.00000149. The second-order valence-corrected chi connectivity index (χ2v) is 8.00. The number of benzene rings is 1. The number of aryl methyl sites for hydroxylation is 1. The number of nitrogens with one attached hydrogen (secondary N) is 1. The maximum atomic E-state index is 14.8. The molecule has 178 valence electrons. The molecule has 9 heteroatoms. The Hall–Kier alpha value is -3.20. The molecule has 8 nitrogen and oxygen atoms in total. The lowest BCUT2D eigenvalue weighted by atomic mass is 10.0. The molecule has 0 radical (unpaired) electrons. The predicted molar refractivity (Wildman–Crippen MR) is 128 cm³/mol. The zero-order valence-corrected chi connectivity index (χ0v) is 19.8. The third-order valence-corrected chi connectivity index (χ3v) is 5.88. The number of halogens is 1.